The van der Waals surface area contributed by atoms with Crippen LogP contribution in [0.15, 0.2) is 12.2 Å². The molecule has 0 saturated carbocycles. The van der Waals surface area contributed by atoms with Crippen LogP contribution in [0.4, 0.5) is 0 Å². The molecule has 0 bridgehead atoms. The molecular weight excluding hydrogens is 112 g/mol. The van der Waals surface area contributed by atoms with Gasteiger partial charge < -0.3 is 4.74 Å². The normalized spacial score (nSPS) is 9.56. The zero-order chi connectivity index (χ0) is 7.11. The zero-order valence-electron chi connectivity index (χ0n) is 6.44. The van der Waals surface area contributed by atoms with Crippen LogP contribution in [0.25, 0.3) is 0 Å². The maximum atomic E-state index is 4.89. The first-order valence-electron chi connectivity index (χ1n) is 3.40. The Labute approximate surface area is 57.7 Å². The van der Waals surface area contributed by atoms with Crippen LogP contribution in [-0.2, 0) is 4.74 Å². The highest BCUT2D eigenvalue weighted by Crippen LogP contribution is 2.02. The van der Waals surface area contributed by atoms with E-state index in [2.05, 4.69) is 13.5 Å². The molecule has 0 aliphatic heterocycles. The second-order valence-electron chi connectivity index (χ2n) is 2.41. The fourth-order valence-electron chi connectivity index (χ4n) is 0.673. The van der Waals surface area contributed by atoms with E-state index < -0.39 is 0 Å². The quantitative estimate of drug-likeness (QED) is 0.408. The Kier molecular flexibility index (Phi) is 5.64. The van der Waals surface area contributed by atoms with Gasteiger partial charge in [-0.05, 0) is 26.2 Å². The Balaban J connectivity index is 2.83. The number of ether oxygens (including phenoxy) is 1. The average molecular weight is 128 g/mol. The highest BCUT2D eigenvalue weighted by Gasteiger charge is 1.86. The monoisotopic (exact) mass is 128 g/mol. The highest BCUT2D eigenvalue weighted by molar-refractivity contribution is 4.86. The molecule has 0 amide bonds. The SMILES string of the molecule is C=C(C)CCCCOC. The van der Waals surface area contributed by atoms with Crippen molar-refractivity contribution in [2.24, 2.45) is 0 Å². The minimum atomic E-state index is 0.882. The van der Waals surface area contributed by atoms with Crippen LogP contribution in [-0.4, -0.2) is 13.7 Å². The van der Waals surface area contributed by atoms with E-state index in [0.29, 0.717) is 0 Å². The highest BCUT2D eigenvalue weighted by atomic mass is 16.5. The molecule has 0 aromatic rings. The summed E-state index contributed by atoms with van der Waals surface area (Å²) in [6, 6.07) is 0. The van der Waals surface area contributed by atoms with Crippen molar-refractivity contribution in [2.45, 2.75) is 26.2 Å². The summed E-state index contributed by atoms with van der Waals surface area (Å²) in [7, 11) is 1.74. The molecule has 0 rings (SSSR count). The fourth-order valence-corrected chi connectivity index (χ4v) is 0.673. The summed E-state index contributed by atoms with van der Waals surface area (Å²) in [5, 5.41) is 0. The van der Waals surface area contributed by atoms with Gasteiger partial charge in [0.1, 0.15) is 0 Å². The first-order valence-corrected chi connectivity index (χ1v) is 3.40. The lowest BCUT2D eigenvalue weighted by Crippen LogP contribution is -1.87. The molecule has 0 aromatic carbocycles. The van der Waals surface area contributed by atoms with Gasteiger partial charge in [-0.3, -0.25) is 0 Å². The number of hydrogen-bond donors (Lipinski definition) is 0. The number of rotatable bonds is 5. The molecule has 0 aromatic heterocycles. The van der Waals surface area contributed by atoms with Gasteiger partial charge in [0, 0.05) is 13.7 Å². The summed E-state index contributed by atoms with van der Waals surface area (Å²) in [5.74, 6) is 0. The molecule has 0 spiro atoms. The van der Waals surface area contributed by atoms with Crippen LogP contribution >= 0.6 is 0 Å². The molecule has 0 radical (unpaired) electrons. The Morgan fingerprint density at radius 1 is 1.44 bits per heavy atom. The second-order valence-corrected chi connectivity index (χ2v) is 2.41. The Hall–Kier alpha value is -0.300. The van der Waals surface area contributed by atoms with Crippen LogP contribution < -0.4 is 0 Å². The Bertz CT molecular complexity index is 76.6. The van der Waals surface area contributed by atoms with Crippen molar-refractivity contribution in [3.63, 3.8) is 0 Å². The summed E-state index contributed by atoms with van der Waals surface area (Å²) >= 11 is 0. The van der Waals surface area contributed by atoms with Gasteiger partial charge in [0.05, 0.1) is 0 Å². The molecule has 0 unspecified atom stereocenters. The summed E-state index contributed by atoms with van der Waals surface area (Å²) < 4.78 is 4.89. The molecule has 1 nitrogen and oxygen atoms in total. The van der Waals surface area contributed by atoms with E-state index in [1.807, 2.05) is 0 Å². The number of allylic oxidation sites excluding steroid dienone is 1. The van der Waals surface area contributed by atoms with E-state index in [9.17, 15) is 0 Å². The van der Waals surface area contributed by atoms with E-state index in [0.717, 1.165) is 19.4 Å². The molecule has 0 aliphatic rings. The smallest absolute Gasteiger partial charge is 0.0462 e. The van der Waals surface area contributed by atoms with Crippen molar-refractivity contribution in [1.29, 1.82) is 0 Å². The van der Waals surface area contributed by atoms with Gasteiger partial charge in [0.2, 0.25) is 0 Å². The summed E-state index contributed by atoms with van der Waals surface area (Å²) in [5.41, 5.74) is 1.27. The van der Waals surface area contributed by atoms with E-state index in [-0.39, 0.29) is 0 Å². The third kappa shape index (κ3) is 7.70. The molecule has 0 saturated heterocycles. The van der Waals surface area contributed by atoms with Gasteiger partial charge in [0.25, 0.3) is 0 Å². The van der Waals surface area contributed by atoms with E-state index in [1.54, 1.807) is 7.11 Å². The molecule has 1 heteroatoms. The van der Waals surface area contributed by atoms with Crippen molar-refractivity contribution in [3.05, 3.63) is 12.2 Å². The predicted octanol–water partition coefficient (Wildman–Crippen LogP) is 2.38. The maximum Gasteiger partial charge on any atom is 0.0462 e. The molecule has 0 heterocycles. The second kappa shape index (κ2) is 5.83. The minimum absolute atomic E-state index is 0.882. The van der Waals surface area contributed by atoms with Gasteiger partial charge >= 0.3 is 0 Å². The maximum absolute atomic E-state index is 4.89. The van der Waals surface area contributed by atoms with Crippen molar-refractivity contribution < 1.29 is 4.74 Å². The van der Waals surface area contributed by atoms with Crippen molar-refractivity contribution in [2.75, 3.05) is 13.7 Å². The molecule has 0 N–H and O–H groups in total. The Morgan fingerprint density at radius 2 is 2.11 bits per heavy atom. The molecule has 0 atom stereocenters. The summed E-state index contributed by atoms with van der Waals surface area (Å²) in [4.78, 5) is 0. The molecular formula is C8H16O. The first kappa shape index (κ1) is 8.70. The molecule has 9 heavy (non-hydrogen) atoms. The number of methoxy groups -OCH3 is 1. The van der Waals surface area contributed by atoms with E-state index in [4.69, 9.17) is 4.74 Å². The van der Waals surface area contributed by atoms with Crippen molar-refractivity contribution in [3.8, 4) is 0 Å². The topological polar surface area (TPSA) is 9.23 Å². The van der Waals surface area contributed by atoms with Gasteiger partial charge in [-0.1, -0.05) is 5.57 Å². The van der Waals surface area contributed by atoms with Crippen LogP contribution in [0.2, 0.25) is 0 Å². The van der Waals surface area contributed by atoms with Crippen LogP contribution in [0.1, 0.15) is 26.2 Å². The first-order chi connectivity index (χ1) is 4.27. The molecule has 0 fully saturated rings. The molecule has 54 valence electrons. The standard InChI is InChI=1S/C8H16O/c1-8(2)6-4-5-7-9-3/h1,4-7H2,2-3H3. The Morgan fingerprint density at radius 3 is 2.56 bits per heavy atom. The zero-order valence-corrected chi connectivity index (χ0v) is 6.44. The van der Waals surface area contributed by atoms with Gasteiger partial charge in [-0.2, -0.15) is 0 Å². The largest absolute Gasteiger partial charge is 0.385 e. The van der Waals surface area contributed by atoms with Crippen LogP contribution in [0, 0.1) is 0 Å². The van der Waals surface area contributed by atoms with E-state index >= 15 is 0 Å². The predicted molar refractivity (Wildman–Crippen MR) is 40.5 cm³/mol. The lowest BCUT2D eigenvalue weighted by molar-refractivity contribution is 0.193. The third-order valence-corrected chi connectivity index (χ3v) is 1.20. The lowest BCUT2D eigenvalue weighted by Gasteiger charge is -1.97. The van der Waals surface area contributed by atoms with Gasteiger partial charge in [-0.15, -0.1) is 6.58 Å². The minimum Gasteiger partial charge on any atom is -0.385 e. The molecule has 0 aliphatic carbocycles. The summed E-state index contributed by atoms with van der Waals surface area (Å²) in [6.07, 6.45) is 3.51. The van der Waals surface area contributed by atoms with Crippen LogP contribution in [0.3, 0.4) is 0 Å². The third-order valence-electron chi connectivity index (χ3n) is 1.20. The fraction of sp³-hybridized carbons (Fsp3) is 0.750. The van der Waals surface area contributed by atoms with Gasteiger partial charge in [-0.25, -0.2) is 0 Å². The van der Waals surface area contributed by atoms with Gasteiger partial charge in [0.15, 0.2) is 0 Å². The van der Waals surface area contributed by atoms with Crippen LogP contribution in [0.5, 0.6) is 0 Å². The lowest BCUT2D eigenvalue weighted by atomic mass is 10.1. The number of unbranched alkanes of at least 4 members (excludes halogenated alkanes) is 1. The number of hydrogen-bond acceptors (Lipinski definition) is 1. The van der Waals surface area contributed by atoms with Crippen molar-refractivity contribution >= 4 is 0 Å². The van der Waals surface area contributed by atoms with Crippen molar-refractivity contribution in [1.82, 2.24) is 0 Å². The average Bonchev–Trinajstić information content (AvgIpc) is 1.80. The summed E-state index contributed by atoms with van der Waals surface area (Å²) in [6.45, 7) is 6.76. The van der Waals surface area contributed by atoms with E-state index in [1.165, 1.54) is 12.0 Å².